The molecule has 2 heterocycles. The first-order valence-electron chi connectivity index (χ1n) is 10.5. The Balaban J connectivity index is 1.50. The van der Waals surface area contributed by atoms with Gasteiger partial charge in [-0.05, 0) is 56.4 Å². The van der Waals surface area contributed by atoms with E-state index in [9.17, 15) is 8.42 Å². The second kappa shape index (κ2) is 8.50. The Bertz CT molecular complexity index is 1270. The van der Waals surface area contributed by atoms with Gasteiger partial charge in [0.05, 0.1) is 18.0 Å². The minimum atomic E-state index is -3.73. The quantitative estimate of drug-likeness (QED) is 0.590. The molecular weight excluding hydrogens is 426 g/mol. The third kappa shape index (κ3) is 4.32. The summed E-state index contributed by atoms with van der Waals surface area (Å²) in [6, 6.07) is 12.1. The summed E-state index contributed by atoms with van der Waals surface area (Å²) in [7, 11) is -2.18. The average Bonchev–Trinajstić information content (AvgIpc) is 3.20. The molecule has 0 saturated heterocycles. The van der Waals surface area contributed by atoms with Crippen LogP contribution < -0.4 is 10.5 Å². The lowest BCUT2D eigenvalue weighted by molar-refractivity contribution is 0.165. The number of hydrogen-bond donors (Lipinski definition) is 2. The van der Waals surface area contributed by atoms with Gasteiger partial charge in [0.15, 0.2) is 0 Å². The SMILES string of the molecule is CN(C1(C)CCC(Nc2nccc(-n3ccc4c(CC#N)cccc43)n2)CC1)S(N)(=O)=O. The third-order valence-electron chi connectivity index (χ3n) is 6.52. The fraction of sp³-hybridized carbons (Fsp3) is 0.409. The Morgan fingerprint density at radius 3 is 2.75 bits per heavy atom. The van der Waals surface area contributed by atoms with E-state index in [1.165, 1.54) is 4.31 Å². The first kappa shape index (κ1) is 22.2. The van der Waals surface area contributed by atoms with Crippen molar-refractivity contribution >= 4 is 27.1 Å². The van der Waals surface area contributed by atoms with Gasteiger partial charge in [-0.1, -0.05) is 12.1 Å². The lowest BCUT2D eigenvalue weighted by Gasteiger charge is -2.42. The minimum absolute atomic E-state index is 0.149. The van der Waals surface area contributed by atoms with E-state index in [0.717, 1.165) is 35.1 Å². The van der Waals surface area contributed by atoms with E-state index in [1.54, 1.807) is 13.2 Å². The number of nitrogens with two attached hydrogens (primary N) is 1. The third-order valence-corrected chi connectivity index (χ3v) is 7.72. The average molecular weight is 454 g/mol. The van der Waals surface area contributed by atoms with Gasteiger partial charge in [-0.15, -0.1) is 0 Å². The molecule has 1 fully saturated rings. The molecule has 0 radical (unpaired) electrons. The van der Waals surface area contributed by atoms with E-state index in [1.807, 2.05) is 48.0 Å². The number of aromatic nitrogens is 3. The van der Waals surface area contributed by atoms with Crippen LogP contribution in [-0.4, -0.2) is 45.9 Å². The zero-order valence-corrected chi connectivity index (χ0v) is 19.0. The largest absolute Gasteiger partial charge is 0.351 e. The Morgan fingerprint density at radius 1 is 1.31 bits per heavy atom. The molecule has 1 aliphatic carbocycles. The van der Waals surface area contributed by atoms with Crippen LogP contribution >= 0.6 is 0 Å². The number of fused-ring (bicyclic) bond motifs is 1. The van der Waals surface area contributed by atoms with Crippen molar-refractivity contribution in [3.8, 4) is 11.9 Å². The smallest absolute Gasteiger partial charge is 0.277 e. The molecule has 0 spiro atoms. The van der Waals surface area contributed by atoms with Gasteiger partial charge in [0.1, 0.15) is 5.82 Å². The van der Waals surface area contributed by atoms with Crippen molar-refractivity contribution in [1.82, 2.24) is 18.8 Å². The zero-order valence-electron chi connectivity index (χ0n) is 18.2. The molecule has 3 aromatic rings. The van der Waals surface area contributed by atoms with Crippen LogP contribution in [0.15, 0.2) is 42.7 Å². The number of nitriles is 1. The van der Waals surface area contributed by atoms with E-state index in [0.29, 0.717) is 25.2 Å². The van der Waals surface area contributed by atoms with Gasteiger partial charge in [0, 0.05) is 36.4 Å². The maximum atomic E-state index is 11.8. The molecule has 0 amide bonds. The maximum Gasteiger partial charge on any atom is 0.277 e. The van der Waals surface area contributed by atoms with E-state index in [2.05, 4.69) is 16.4 Å². The summed E-state index contributed by atoms with van der Waals surface area (Å²) < 4.78 is 26.8. The topological polar surface area (TPSA) is 130 Å². The number of benzene rings is 1. The molecule has 1 aliphatic rings. The monoisotopic (exact) mass is 453 g/mol. The molecule has 0 atom stereocenters. The Hall–Kier alpha value is -3.00. The van der Waals surface area contributed by atoms with E-state index < -0.39 is 15.7 Å². The van der Waals surface area contributed by atoms with Crippen LogP contribution in [0.1, 0.15) is 38.2 Å². The number of hydrogen-bond acceptors (Lipinski definition) is 6. The summed E-state index contributed by atoms with van der Waals surface area (Å²) in [5.74, 6) is 1.27. The van der Waals surface area contributed by atoms with Gasteiger partial charge >= 0.3 is 0 Å². The molecule has 32 heavy (non-hydrogen) atoms. The molecule has 4 rings (SSSR count). The van der Waals surface area contributed by atoms with Crippen LogP contribution in [0, 0.1) is 11.3 Å². The van der Waals surface area contributed by atoms with Crippen LogP contribution in [0.5, 0.6) is 0 Å². The van der Waals surface area contributed by atoms with Gasteiger partial charge in [0.25, 0.3) is 10.2 Å². The fourth-order valence-electron chi connectivity index (χ4n) is 4.41. The molecular formula is C22H27N7O2S. The number of nitrogens with one attached hydrogen (secondary N) is 1. The molecule has 168 valence electrons. The highest BCUT2D eigenvalue weighted by molar-refractivity contribution is 7.86. The Labute approximate surface area is 188 Å². The summed E-state index contributed by atoms with van der Waals surface area (Å²) in [5.41, 5.74) is 1.49. The van der Waals surface area contributed by atoms with E-state index >= 15 is 0 Å². The highest BCUT2D eigenvalue weighted by atomic mass is 32.2. The van der Waals surface area contributed by atoms with Crippen molar-refractivity contribution < 1.29 is 8.42 Å². The predicted octanol–water partition coefficient (Wildman–Crippen LogP) is 2.74. The van der Waals surface area contributed by atoms with Gasteiger partial charge < -0.3 is 9.88 Å². The molecule has 9 nitrogen and oxygen atoms in total. The summed E-state index contributed by atoms with van der Waals surface area (Å²) in [6.07, 6.45) is 6.99. The number of anilines is 1. The summed E-state index contributed by atoms with van der Waals surface area (Å²) in [6.45, 7) is 1.93. The van der Waals surface area contributed by atoms with Crippen LogP contribution in [0.3, 0.4) is 0 Å². The predicted molar refractivity (Wildman–Crippen MR) is 123 cm³/mol. The maximum absolute atomic E-state index is 11.8. The molecule has 0 aliphatic heterocycles. The molecule has 1 aromatic carbocycles. The summed E-state index contributed by atoms with van der Waals surface area (Å²) in [4.78, 5) is 9.07. The normalized spacial score (nSPS) is 21.5. The standard InChI is InChI=1S/C22H27N7O2S/c1-22(28(2)32(24,30)31)11-6-17(7-12-22)26-21-25-14-9-20(27-21)29-15-10-18-16(8-13-23)4-3-5-19(18)29/h3-5,9-10,14-15,17H,6-8,11-12H2,1-2H3,(H2,24,30,31)(H,25,26,27). The van der Waals surface area contributed by atoms with Crippen molar-refractivity contribution in [3.05, 3.63) is 48.3 Å². The Kier molecular flexibility index (Phi) is 5.90. The first-order valence-corrected chi connectivity index (χ1v) is 12.0. The number of nitrogens with zero attached hydrogens (tertiary/aromatic N) is 5. The lowest BCUT2D eigenvalue weighted by atomic mass is 9.81. The van der Waals surface area contributed by atoms with Crippen molar-refractivity contribution in [2.45, 2.75) is 50.6 Å². The molecule has 10 heteroatoms. The van der Waals surface area contributed by atoms with Crippen LogP contribution in [0.25, 0.3) is 16.7 Å². The first-order chi connectivity index (χ1) is 15.2. The molecule has 1 saturated carbocycles. The highest BCUT2D eigenvalue weighted by Gasteiger charge is 2.39. The van der Waals surface area contributed by atoms with Gasteiger partial charge in [-0.2, -0.15) is 23.0 Å². The zero-order chi connectivity index (χ0) is 22.9. The van der Waals surface area contributed by atoms with Gasteiger partial charge in [-0.3, -0.25) is 0 Å². The molecule has 0 unspecified atom stereocenters. The van der Waals surface area contributed by atoms with Crippen LogP contribution in [0.4, 0.5) is 5.95 Å². The molecule has 0 bridgehead atoms. The summed E-state index contributed by atoms with van der Waals surface area (Å²) in [5, 5.41) is 18.8. The van der Waals surface area contributed by atoms with E-state index in [-0.39, 0.29) is 6.04 Å². The van der Waals surface area contributed by atoms with Crippen LogP contribution in [0.2, 0.25) is 0 Å². The second-order valence-electron chi connectivity index (χ2n) is 8.54. The minimum Gasteiger partial charge on any atom is -0.351 e. The fourth-order valence-corrected chi connectivity index (χ4v) is 5.21. The number of rotatable bonds is 6. The van der Waals surface area contributed by atoms with Crippen molar-refractivity contribution in [3.63, 3.8) is 0 Å². The lowest BCUT2D eigenvalue weighted by Crippen LogP contribution is -2.52. The van der Waals surface area contributed by atoms with Gasteiger partial charge in [-0.25, -0.2) is 10.1 Å². The highest BCUT2D eigenvalue weighted by Crippen LogP contribution is 2.34. The van der Waals surface area contributed by atoms with Crippen molar-refractivity contribution in [2.75, 3.05) is 12.4 Å². The molecule has 2 aromatic heterocycles. The van der Waals surface area contributed by atoms with Gasteiger partial charge in [0.2, 0.25) is 5.95 Å². The van der Waals surface area contributed by atoms with Crippen molar-refractivity contribution in [1.29, 1.82) is 5.26 Å². The second-order valence-corrected chi connectivity index (χ2v) is 10.1. The van der Waals surface area contributed by atoms with E-state index in [4.69, 9.17) is 15.4 Å². The molecule has 3 N–H and O–H groups in total. The van der Waals surface area contributed by atoms with Crippen molar-refractivity contribution in [2.24, 2.45) is 5.14 Å². The summed E-state index contributed by atoms with van der Waals surface area (Å²) >= 11 is 0. The Morgan fingerprint density at radius 2 is 2.06 bits per heavy atom. The van der Waals surface area contributed by atoms with Crippen LogP contribution in [-0.2, 0) is 16.6 Å².